The number of ether oxygens (including phenoxy) is 1. The highest BCUT2D eigenvalue weighted by Crippen LogP contribution is 2.35. The molecule has 0 aliphatic heterocycles. The molecule has 1 amide bonds. The predicted molar refractivity (Wildman–Crippen MR) is 95.4 cm³/mol. The molecule has 2 rings (SSSR count). The first-order valence-corrected chi connectivity index (χ1v) is 8.96. The van der Waals surface area contributed by atoms with E-state index in [2.05, 4.69) is 17.2 Å². The van der Waals surface area contributed by atoms with Crippen LogP contribution in [-0.4, -0.2) is 24.0 Å². The Kier molecular flexibility index (Phi) is 6.96. The van der Waals surface area contributed by atoms with Crippen LogP contribution in [0.4, 0.5) is 0 Å². The van der Waals surface area contributed by atoms with Gasteiger partial charge in [-0.15, -0.1) is 11.3 Å². The fraction of sp³-hybridized carbons (Fsp3) is 0.333. The smallest absolute Gasteiger partial charge is 0.263 e. The first-order chi connectivity index (χ1) is 11.0. The van der Waals surface area contributed by atoms with E-state index in [0.717, 1.165) is 17.8 Å². The molecule has 8 heteroatoms. The van der Waals surface area contributed by atoms with E-state index in [-0.39, 0.29) is 12.5 Å². The van der Waals surface area contributed by atoms with Gasteiger partial charge in [-0.05, 0) is 25.0 Å². The van der Waals surface area contributed by atoms with E-state index < -0.39 is 0 Å². The topological polar surface area (TPSA) is 51.2 Å². The number of rotatable bonds is 7. The number of aromatic nitrogens is 1. The maximum absolute atomic E-state index is 12.0. The molecule has 1 aromatic heterocycles. The summed E-state index contributed by atoms with van der Waals surface area (Å²) in [5.41, 5.74) is 0. The molecule has 1 heterocycles. The summed E-state index contributed by atoms with van der Waals surface area (Å²) in [5.74, 6) is 0.191. The maximum atomic E-state index is 12.0. The van der Waals surface area contributed by atoms with Gasteiger partial charge in [0.25, 0.3) is 5.91 Å². The van der Waals surface area contributed by atoms with Gasteiger partial charge in [0.15, 0.2) is 5.75 Å². The van der Waals surface area contributed by atoms with E-state index in [1.165, 1.54) is 11.3 Å². The SMILES string of the molecule is CCCc1ncc(C(=O)NCCOc2c(Cl)cc(Cl)cc2Cl)s1. The zero-order chi connectivity index (χ0) is 16.8. The first-order valence-electron chi connectivity index (χ1n) is 7.01. The number of hydrogen-bond acceptors (Lipinski definition) is 4. The van der Waals surface area contributed by atoms with Gasteiger partial charge in [-0.3, -0.25) is 4.79 Å². The highest BCUT2D eigenvalue weighted by molar-refractivity contribution is 7.13. The Morgan fingerprint density at radius 3 is 2.65 bits per heavy atom. The molecule has 2 aromatic rings. The molecule has 0 atom stereocenters. The van der Waals surface area contributed by atoms with Crippen LogP contribution in [0.2, 0.25) is 15.1 Å². The van der Waals surface area contributed by atoms with Gasteiger partial charge in [-0.25, -0.2) is 4.98 Å². The van der Waals surface area contributed by atoms with E-state index in [0.29, 0.717) is 32.2 Å². The van der Waals surface area contributed by atoms with Gasteiger partial charge < -0.3 is 10.1 Å². The molecule has 0 bridgehead atoms. The molecule has 0 radical (unpaired) electrons. The van der Waals surface area contributed by atoms with Gasteiger partial charge in [0.2, 0.25) is 0 Å². The molecule has 1 N–H and O–H groups in total. The number of benzene rings is 1. The van der Waals surface area contributed by atoms with Crippen LogP contribution in [-0.2, 0) is 6.42 Å². The van der Waals surface area contributed by atoms with Crippen molar-refractivity contribution in [1.29, 1.82) is 0 Å². The Morgan fingerprint density at radius 2 is 2.00 bits per heavy atom. The number of hydrogen-bond donors (Lipinski definition) is 1. The Bertz CT molecular complexity index is 668. The molecule has 0 spiro atoms. The highest BCUT2D eigenvalue weighted by atomic mass is 35.5. The fourth-order valence-corrected chi connectivity index (χ4v) is 3.68. The second-order valence-electron chi connectivity index (χ2n) is 4.67. The third kappa shape index (κ3) is 5.24. The van der Waals surface area contributed by atoms with E-state index in [9.17, 15) is 4.79 Å². The lowest BCUT2D eigenvalue weighted by atomic mass is 10.3. The van der Waals surface area contributed by atoms with Crippen LogP contribution >= 0.6 is 46.1 Å². The first kappa shape index (κ1) is 18.3. The number of halogens is 3. The minimum Gasteiger partial charge on any atom is -0.489 e. The average molecular weight is 394 g/mol. The lowest BCUT2D eigenvalue weighted by molar-refractivity contribution is 0.0951. The minimum atomic E-state index is -0.165. The molecular weight excluding hydrogens is 379 g/mol. The van der Waals surface area contributed by atoms with Crippen molar-refractivity contribution in [1.82, 2.24) is 10.3 Å². The Labute approximate surface area is 153 Å². The van der Waals surface area contributed by atoms with E-state index >= 15 is 0 Å². The van der Waals surface area contributed by atoms with Crippen LogP contribution in [0.25, 0.3) is 0 Å². The third-order valence-corrected chi connectivity index (χ3v) is 4.67. The summed E-state index contributed by atoms with van der Waals surface area (Å²) >= 11 is 19.3. The van der Waals surface area contributed by atoms with Gasteiger partial charge in [0, 0.05) is 5.02 Å². The summed E-state index contributed by atoms with van der Waals surface area (Å²) in [7, 11) is 0. The van der Waals surface area contributed by atoms with Crippen molar-refractivity contribution < 1.29 is 9.53 Å². The molecular formula is C15H15Cl3N2O2S. The van der Waals surface area contributed by atoms with Crippen molar-refractivity contribution in [2.75, 3.05) is 13.2 Å². The number of amides is 1. The van der Waals surface area contributed by atoms with Gasteiger partial charge in [0.05, 0.1) is 27.8 Å². The van der Waals surface area contributed by atoms with Crippen LogP contribution in [0, 0.1) is 0 Å². The summed E-state index contributed by atoms with van der Waals surface area (Å²) in [6.07, 6.45) is 3.48. The van der Waals surface area contributed by atoms with Gasteiger partial charge in [-0.1, -0.05) is 41.7 Å². The molecule has 23 heavy (non-hydrogen) atoms. The fourth-order valence-electron chi connectivity index (χ4n) is 1.82. The lowest BCUT2D eigenvalue weighted by Crippen LogP contribution is -2.27. The van der Waals surface area contributed by atoms with Gasteiger partial charge >= 0.3 is 0 Å². The second-order valence-corrected chi connectivity index (χ2v) is 7.04. The molecule has 0 aliphatic rings. The third-order valence-electron chi connectivity index (χ3n) is 2.84. The van der Waals surface area contributed by atoms with Crippen molar-refractivity contribution in [2.24, 2.45) is 0 Å². The normalized spacial score (nSPS) is 10.6. The zero-order valence-corrected chi connectivity index (χ0v) is 15.5. The van der Waals surface area contributed by atoms with Gasteiger partial charge in [-0.2, -0.15) is 0 Å². The van der Waals surface area contributed by atoms with E-state index in [1.807, 2.05) is 0 Å². The average Bonchev–Trinajstić information content (AvgIpc) is 2.94. The van der Waals surface area contributed by atoms with Crippen LogP contribution in [0.1, 0.15) is 28.0 Å². The zero-order valence-electron chi connectivity index (χ0n) is 12.4. The maximum Gasteiger partial charge on any atom is 0.263 e. The molecule has 0 saturated heterocycles. The van der Waals surface area contributed by atoms with Crippen molar-refractivity contribution in [3.8, 4) is 5.75 Å². The monoisotopic (exact) mass is 392 g/mol. The number of carbonyl (C=O) groups is 1. The van der Waals surface area contributed by atoms with Crippen molar-refractivity contribution in [3.05, 3.63) is 43.3 Å². The molecule has 0 saturated carbocycles. The molecule has 0 aliphatic carbocycles. The largest absolute Gasteiger partial charge is 0.489 e. The number of nitrogens with one attached hydrogen (secondary N) is 1. The highest BCUT2D eigenvalue weighted by Gasteiger charge is 2.11. The Hall–Kier alpha value is -1.01. The summed E-state index contributed by atoms with van der Waals surface area (Å²) < 4.78 is 5.50. The molecule has 0 fully saturated rings. The minimum absolute atomic E-state index is 0.165. The Balaban J connectivity index is 1.82. The van der Waals surface area contributed by atoms with Crippen LogP contribution in [0.3, 0.4) is 0 Å². The van der Waals surface area contributed by atoms with Crippen molar-refractivity contribution in [2.45, 2.75) is 19.8 Å². The molecule has 124 valence electrons. The van der Waals surface area contributed by atoms with Crippen LogP contribution < -0.4 is 10.1 Å². The molecule has 4 nitrogen and oxygen atoms in total. The van der Waals surface area contributed by atoms with E-state index in [4.69, 9.17) is 39.5 Å². The Morgan fingerprint density at radius 1 is 1.30 bits per heavy atom. The number of carbonyl (C=O) groups excluding carboxylic acids is 1. The second kappa shape index (κ2) is 8.73. The van der Waals surface area contributed by atoms with Crippen LogP contribution in [0.15, 0.2) is 18.3 Å². The number of aryl methyl sites for hydroxylation is 1. The van der Waals surface area contributed by atoms with Gasteiger partial charge in [0.1, 0.15) is 11.5 Å². The summed E-state index contributed by atoms with van der Waals surface area (Å²) in [6, 6.07) is 3.10. The lowest BCUT2D eigenvalue weighted by Gasteiger charge is -2.10. The summed E-state index contributed by atoms with van der Waals surface area (Å²) in [4.78, 5) is 16.8. The molecule has 0 unspecified atom stereocenters. The summed E-state index contributed by atoms with van der Waals surface area (Å²) in [5, 5.41) is 4.84. The molecule has 1 aromatic carbocycles. The number of nitrogens with zero attached hydrogens (tertiary/aromatic N) is 1. The van der Waals surface area contributed by atoms with Crippen molar-refractivity contribution >= 4 is 52.0 Å². The predicted octanol–water partition coefficient (Wildman–Crippen LogP) is 4.86. The van der Waals surface area contributed by atoms with Crippen LogP contribution in [0.5, 0.6) is 5.75 Å². The van der Waals surface area contributed by atoms with Crippen molar-refractivity contribution in [3.63, 3.8) is 0 Å². The van der Waals surface area contributed by atoms with E-state index in [1.54, 1.807) is 18.3 Å². The number of thiazole rings is 1. The summed E-state index contributed by atoms with van der Waals surface area (Å²) in [6.45, 7) is 2.65. The quantitative estimate of drug-likeness (QED) is 0.683. The standard InChI is InChI=1S/C15H15Cl3N2O2S/c1-2-3-13-20-8-12(23-13)15(21)19-4-5-22-14-10(17)6-9(16)7-11(14)18/h6-8H,2-5H2,1H3,(H,19,21).